The molecule has 0 aliphatic rings. The van der Waals surface area contributed by atoms with Gasteiger partial charge in [-0.3, -0.25) is 0 Å². The molecule has 0 bridgehead atoms. The van der Waals surface area contributed by atoms with Crippen molar-refractivity contribution in [3.63, 3.8) is 0 Å². The first-order valence-electron chi connectivity index (χ1n) is 17.5. The molecule has 4 aromatic rings. The average molecular weight is 645 g/mol. The van der Waals surface area contributed by atoms with Crippen LogP contribution in [0.2, 0.25) is 0 Å². The summed E-state index contributed by atoms with van der Waals surface area (Å²) in [5.74, 6) is 1.62. The Hall–Kier alpha value is -2.29. The van der Waals surface area contributed by atoms with Gasteiger partial charge in [0.15, 0.2) is 0 Å². The maximum absolute atomic E-state index is 12.5. The normalized spacial score (nSPS) is 14.2. The van der Waals surface area contributed by atoms with Crippen molar-refractivity contribution in [1.29, 1.82) is 0 Å². The number of fused-ring (bicyclic) bond motifs is 2. The molecule has 4 heteroatoms. The summed E-state index contributed by atoms with van der Waals surface area (Å²) in [6, 6.07) is 17.7. The van der Waals surface area contributed by atoms with Crippen LogP contribution >= 0.6 is 7.28 Å². The third kappa shape index (κ3) is 6.55. The summed E-state index contributed by atoms with van der Waals surface area (Å²) in [6.45, 7) is 29.9. The Morgan fingerprint density at radius 1 is 0.478 bits per heavy atom. The van der Waals surface area contributed by atoms with Gasteiger partial charge in [-0.2, -0.15) is 0 Å². The summed E-state index contributed by atoms with van der Waals surface area (Å²) in [5, 5.41) is 3.57. The number of benzene rings is 4. The predicted molar refractivity (Wildman–Crippen MR) is 203 cm³/mol. The SMILES string of the molecule is CC(C)c1cc(C(C)C)c2cc(CC(C)(C)P(O)(O)(O)c3cc4c(C(C)C)cc(C(C)C)cc4cc3C(C)C)c(C(C)C)cc2c1. The van der Waals surface area contributed by atoms with E-state index in [1.165, 1.54) is 38.6 Å². The molecule has 0 radical (unpaired) electrons. The molecule has 0 spiro atoms. The average Bonchev–Trinajstić information content (AvgIpc) is 2.93. The van der Waals surface area contributed by atoms with Crippen LogP contribution < -0.4 is 5.30 Å². The van der Waals surface area contributed by atoms with Gasteiger partial charge in [-0.15, -0.1) is 0 Å². The zero-order valence-electron chi connectivity index (χ0n) is 31.1. The van der Waals surface area contributed by atoms with Crippen LogP contribution in [0.1, 0.15) is 171 Å². The Labute approximate surface area is 279 Å². The van der Waals surface area contributed by atoms with Crippen LogP contribution in [0.5, 0.6) is 0 Å². The molecule has 0 aliphatic carbocycles. The van der Waals surface area contributed by atoms with Gasteiger partial charge >= 0.3 is 280 Å². The van der Waals surface area contributed by atoms with Crippen LogP contribution in [0.25, 0.3) is 21.5 Å². The predicted octanol–water partition coefficient (Wildman–Crippen LogP) is 11.7. The molecule has 46 heavy (non-hydrogen) atoms. The van der Waals surface area contributed by atoms with Crippen molar-refractivity contribution >= 4 is 34.1 Å². The second-order valence-electron chi connectivity index (χ2n) is 16.5. The second kappa shape index (κ2) is 12.6. The molecular weight excluding hydrogens is 583 g/mol. The quantitative estimate of drug-likeness (QED) is 0.151. The molecule has 0 unspecified atom stereocenters. The molecule has 252 valence electrons. The molecule has 4 aromatic carbocycles. The van der Waals surface area contributed by atoms with Crippen molar-refractivity contribution < 1.29 is 14.7 Å². The van der Waals surface area contributed by atoms with Crippen LogP contribution in [0.15, 0.2) is 48.5 Å². The van der Waals surface area contributed by atoms with E-state index in [0.29, 0.717) is 29.5 Å². The van der Waals surface area contributed by atoms with E-state index in [2.05, 4.69) is 126 Å². The molecule has 3 nitrogen and oxygen atoms in total. The van der Waals surface area contributed by atoms with Gasteiger partial charge in [-0.25, -0.2) is 0 Å². The Morgan fingerprint density at radius 3 is 1.26 bits per heavy atom. The fraction of sp³-hybridized carbons (Fsp3) is 0.524. The van der Waals surface area contributed by atoms with Crippen LogP contribution in [0.3, 0.4) is 0 Å². The minimum absolute atomic E-state index is 0.0102. The molecule has 0 fully saturated rings. The van der Waals surface area contributed by atoms with Gasteiger partial charge in [0, 0.05) is 0 Å². The second-order valence-corrected chi connectivity index (χ2v) is 20.2. The molecule has 0 aromatic heterocycles. The van der Waals surface area contributed by atoms with Crippen LogP contribution in [-0.4, -0.2) is 19.8 Å². The monoisotopic (exact) mass is 644 g/mol. The summed E-state index contributed by atoms with van der Waals surface area (Å²) in [5.41, 5.74) is 8.14. The topological polar surface area (TPSA) is 60.7 Å². The summed E-state index contributed by atoms with van der Waals surface area (Å²) < 4.78 is 0. The van der Waals surface area contributed by atoms with Gasteiger partial charge in [-0.1, -0.05) is 0 Å². The molecule has 0 amide bonds. The van der Waals surface area contributed by atoms with Crippen molar-refractivity contribution in [3.05, 3.63) is 87.5 Å². The van der Waals surface area contributed by atoms with Crippen molar-refractivity contribution in [2.24, 2.45) is 0 Å². The van der Waals surface area contributed by atoms with Crippen LogP contribution in [0, 0.1) is 0 Å². The first-order valence-corrected chi connectivity index (χ1v) is 19.6. The van der Waals surface area contributed by atoms with Gasteiger partial charge in [-0.05, 0) is 0 Å². The molecule has 0 saturated heterocycles. The molecule has 4 rings (SSSR count). The van der Waals surface area contributed by atoms with Crippen molar-refractivity contribution in [2.45, 2.75) is 144 Å². The van der Waals surface area contributed by atoms with Crippen LogP contribution in [0.4, 0.5) is 0 Å². The summed E-state index contributed by atoms with van der Waals surface area (Å²) >= 11 is 0. The standard InChI is InChI=1S/C42H61O3P/c1-24(2)30-15-32-19-35(26(5)6)34(21-39(32)36(17-30)27(7)8)23-42(13,14)46(43,44,45)41-22-40-33(20-38(41)29(11)12)16-31(25(3)4)18-37(40)28(9)10/h15-22,24-29,43-45H,23H2,1-14H3. The van der Waals surface area contributed by atoms with Crippen LogP contribution in [-0.2, 0) is 6.42 Å². The van der Waals surface area contributed by atoms with E-state index >= 15 is 0 Å². The van der Waals surface area contributed by atoms with Crippen molar-refractivity contribution in [3.8, 4) is 0 Å². The van der Waals surface area contributed by atoms with Crippen molar-refractivity contribution in [1.82, 2.24) is 0 Å². The third-order valence-electron chi connectivity index (χ3n) is 10.4. The molecule has 0 heterocycles. The molecular formula is C42H61O3P. The van der Waals surface area contributed by atoms with Gasteiger partial charge in [0.25, 0.3) is 0 Å². The molecule has 0 saturated carbocycles. The number of hydrogen-bond donors (Lipinski definition) is 3. The zero-order chi connectivity index (χ0) is 34.7. The summed E-state index contributed by atoms with van der Waals surface area (Å²) in [4.78, 5) is 37.6. The van der Waals surface area contributed by atoms with E-state index < -0.39 is 12.4 Å². The van der Waals surface area contributed by atoms with Gasteiger partial charge in [0.1, 0.15) is 0 Å². The summed E-state index contributed by atoms with van der Waals surface area (Å²) in [7, 11) is -5.51. The fourth-order valence-corrected chi connectivity index (χ4v) is 9.35. The number of rotatable bonds is 10. The Morgan fingerprint density at radius 2 is 0.870 bits per heavy atom. The van der Waals surface area contributed by atoms with E-state index in [4.69, 9.17) is 0 Å². The van der Waals surface area contributed by atoms with Gasteiger partial charge in [0.2, 0.25) is 0 Å². The third-order valence-corrected chi connectivity index (χ3v) is 14.1. The zero-order valence-corrected chi connectivity index (χ0v) is 32.0. The molecule has 3 N–H and O–H groups in total. The maximum atomic E-state index is 12.5. The van der Waals surface area contributed by atoms with Gasteiger partial charge < -0.3 is 0 Å². The van der Waals surface area contributed by atoms with E-state index in [9.17, 15) is 14.7 Å². The van der Waals surface area contributed by atoms with E-state index in [0.717, 1.165) is 21.9 Å². The summed E-state index contributed by atoms with van der Waals surface area (Å²) in [6.07, 6.45) is 0.333. The van der Waals surface area contributed by atoms with E-state index in [1.54, 1.807) is 0 Å². The first kappa shape index (κ1) is 36.5. The molecule has 0 aliphatic heterocycles. The van der Waals surface area contributed by atoms with E-state index in [1.807, 2.05) is 19.9 Å². The van der Waals surface area contributed by atoms with E-state index in [-0.39, 0.29) is 17.8 Å². The first-order chi connectivity index (χ1) is 21.0. The minimum atomic E-state index is -5.51. The van der Waals surface area contributed by atoms with Gasteiger partial charge in [0.05, 0.1) is 0 Å². The number of hydrogen-bond acceptors (Lipinski definition) is 3. The Balaban J connectivity index is 1.98. The Bertz CT molecular complexity index is 1750. The Kier molecular flexibility index (Phi) is 10.0. The fourth-order valence-electron chi connectivity index (χ4n) is 7.07. The molecule has 0 atom stereocenters. The van der Waals surface area contributed by atoms with Crippen molar-refractivity contribution in [2.75, 3.05) is 0 Å².